The summed E-state index contributed by atoms with van der Waals surface area (Å²) in [5.74, 6) is 0. The Morgan fingerprint density at radius 1 is 1.31 bits per heavy atom. The van der Waals surface area contributed by atoms with Gasteiger partial charge in [0, 0.05) is 6.54 Å². The van der Waals surface area contributed by atoms with Crippen LogP contribution in [-0.4, -0.2) is 30.1 Å². The van der Waals surface area contributed by atoms with Gasteiger partial charge in [-0.3, -0.25) is 0 Å². The SMILES string of the molecule is CCCN(CCC)CC(C)(N)C#N. The van der Waals surface area contributed by atoms with Crippen molar-refractivity contribution in [1.82, 2.24) is 4.90 Å². The summed E-state index contributed by atoms with van der Waals surface area (Å²) in [6, 6.07) is 2.12. The Labute approximate surface area is 81.5 Å². The molecule has 0 rings (SSSR count). The third-order valence-electron chi connectivity index (χ3n) is 1.89. The molecule has 0 heterocycles. The first-order chi connectivity index (χ1) is 6.05. The van der Waals surface area contributed by atoms with Gasteiger partial charge in [-0.2, -0.15) is 5.26 Å². The first-order valence-electron chi connectivity index (χ1n) is 4.98. The highest BCUT2D eigenvalue weighted by atomic mass is 15.1. The van der Waals surface area contributed by atoms with E-state index in [-0.39, 0.29) is 0 Å². The van der Waals surface area contributed by atoms with Gasteiger partial charge in [0.25, 0.3) is 0 Å². The quantitative estimate of drug-likeness (QED) is 0.676. The Hall–Kier alpha value is -0.590. The van der Waals surface area contributed by atoms with E-state index in [1.165, 1.54) is 0 Å². The van der Waals surface area contributed by atoms with E-state index >= 15 is 0 Å². The van der Waals surface area contributed by atoms with Gasteiger partial charge in [-0.05, 0) is 32.9 Å². The minimum atomic E-state index is -0.704. The van der Waals surface area contributed by atoms with Crippen LogP contribution >= 0.6 is 0 Å². The summed E-state index contributed by atoms with van der Waals surface area (Å²) in [5.41, 5.74) is 5.07. The second-order valence-electron chi connectivity index (χ2n) is 3.81. The second kappa shape index (κ2) is 5.95. The van der Waals surface area contributed by atoms with E-state index in [2.05, 4.69) is 24.8 Å². The molecule has 0 aromatic rings. The number of hydrogen-bond acceptors (Lipinski definition) is 3. The topological polar surface area (TPSA) is 53.0 Å². The van der Waals surface area contributed by atoms with E-state index in [1.807, 2.05) is 0 Å². The normalized spacial score (nSPS) is 15.4. The molecule has 0 spiro atoms. The monoisotopic (exact) mass is 183 g/mol. The van der Waals surface area contributed by atoms with Crippen molar-refractivity contribution in [2.45, 2.75) is 39.2 Å². The Balaban J connectivity index is 4.02. The van der Waals surface area contributed by atoms with E-state index in [4.69, 9.17) is 11.0 Å². The number of rotatable bonds is 6. The average molecular weight is 183 g/mol. The molecule has 0 radical (unpaired) electrons. The molecule has 0 aromatic heterocycles. The molecule has 0 bridgehead atoms. The molecular formula is C10H21N3. The molecule has 0 amide bonds. The summed E-state index contributed by atoms with van der Waals surface area (Å²) in [7, 11) is 0. The van der Waals surface area contributed by atoms with Crippen molar-refractivity contribution in [3.63, 3.8) is 0 Å². The first-order valence-corrected chi connectivity index (χ1v) is 4.98. The van der Waals surface area contributed by atoms with Crippen LogP contribution in [-0.2, 0) is 0 Å². The lowest BCUT2D eigenvalue weighted by molar-refractivity contribution is 0.241. The molecular weight excluding hydrogens is 162 g/mol. The molecule has 3 heteroatoms. The first kappa shape index (κ1) is 12.4. The lowest BCUT2D eigenvalue weighted by Gasteiger charge is -2.27. The molecule has 0 fully saturated rings. The van der Waals surface area contributed by atoms with Gasteiger partial charge in [0.1, 0.15) is 5.54 Å². The summed E-state index contributed by atoms with van der Waals surface area (Å²) in [6.45, 7) is 8.80. The number of nitriles is 1. The van der Waals surface area contributed by atoms with E-state index < -0.39 is 5.54 Å². The lowest BCUT2D eigenvalue weighted by atomic mass is 10.1. The van der Waals surface area contributed by atoms with E-state index in [1.54, 1.807) is 6.92 Å². The predicted octanol–water partition coefficient (Wildman–Crippen LogP) is 1.35. The maximum atomic E-state index is 8.78. The van der Waals surface area contributed by atoms with Gasteiger partial charge in [-0.25, -0.2) is 0 Å². The minimum Gasteiger partial charge on any atom is -0.313 e. The van der Waals surface area contributed by atoms with Crippen molar-refractivity contribution >= 4 is 0 Å². The van der Waals surface area contributed by atoms with Crippen LogP contribution < -0.4 is 5.73 Å². The van der Waals surface area contributed by atoms with E-state index in [9.17, 15) is 0 Å². The third kappa shape index (κ3) is 5.62. The lowest BCUT2D eigenvalue weighted by Crippen LogP contribution is -2.47. The third-order valence-corrected chi connectivity index (χ3v) is 1.89. The summed E-state index contributed by atoms with van der Waals surface area (Å²) >= 11 is 0. The molecule has 1 atom stereocenters. The highest BCUT2D eigenvalue weighted by molar-refractivity contribution is 5.02. The van der Waals surface area contributed by atoms with Gasteiger partial charge in [0.2, 0.25) is 0 Å². The van der Waals surface area contributed by atoms with Crippen LogP contribution in [0.2, 0.25) is 0 Å². The van der Waals surface area contributed by atoms with Gasteiger partial charge in [0.05, 0.1) is 6.07 Å². The minimum absolute atomic E-state index is 0.672. The fraction of sp³-hybridized carbons (Fsp3) is 0.900. The standard InChI is InChI=1S/C10H21N3/c1-4-6-13(7-5-2)9-10(3,12)8-11/h4-7,9,12H2,1-3H3. The van der Waals surface area contributed by atoms with E-state index in [0.29, 0.717) is 6.54 Å². The molecule has 1 unspecified atom stereocenters. The van der Waals surface area contributed by atoms with Crippen LogP contribution in [0.3, 0.4) is 0 Å². The van der Waals surface area contributed by atoms with Crippen molar-refractivity contribution in [3.8, 4) is 6.07 Å². The molecule has 0 saturated carbocycles. The van der Waals surface area contributed by atoms with Crippen LogP contribution in [0, 0.1) is 11.3 Å². The fourth-order valence-electron chi connectivity index (χ4n) is 1.40. The van der Waals surface area contributed by atoms with Gasteiger partial charge in [-0.1, -0.05) is 13.8 Å². The maximum Gasteiger partial charge on any atom is 0.114 e. The van der Waals surface area contributed by atoms with Crippen LogP contribution in [0.4, 0.5) is 0 Å². The van der Waals surface area contributed by atoms with Gasteiger partial charge < -0.3 is 10.6 Å². The molecule has 0 aromatic carbocycles. The van der Waals surface area contributed by atoms with Crippen LogP contribution in [0.5, 0.6) is 0 Å². The Bertz CT molecular complexity index is 163. The van der Waals surface area contributed by atoms with Gasteiger partial charge in [0.15, 0.2) is 0 Å². The highest BCUT2D eigenvalue weighted by Crippen LogP contribution is 2.03. The van der Waals surface area contributed by atoms with Crippen LogP contribution in [0.25, 0.3) is 0 Å². The van der Waals surface area contributed by atoms with Crippen LogP contribution in [0.1, 0.15) is 33.6 Å². The summed E-state index contributed by atoms with van der Waals surface area (Å²) in [4.78, 5) is 2.25. The molecule has 2 N–H and O–H groups in total. The number of nitrogens with zero attached hydrogens (tertiary/aromatic N) is 2. The van der Waals surface area contributed by atoms with Crippen molar-refractivity contribution in [3.05, 3.63) is 0 Å². The highest BCUT2D eigenvalue weighted by Gasteiger charge is 2.20. The largest absolute Gasteiger partial charge is 0.313 e. The van der Waals surface area contributed by atoms with Crippen molar-refractivity contribution in [2.75, 3.05) is 19.6 Å². The Kier molecular flexibility index (Phi) is 5.68. The molecule has 13 heavy (non-hydrogen) atoms. The average Bonchev–Trinajstić information content (AvgIpc) is 2.05. The maximum absolute atomic E-state index is 8.78. The smallest absolute Gasteiger partial charge is 0.114 e. The molecule has 76 valence electrons. The zero-order valence-electron chi connectivity index (χ0n) is 9.01. The zero-order chi connectivity index (χ0) is 10.3. The Morgan fingerprint density at radius 3 is 2.08 bits per heavy atom. The van der Waals surface area contributed by atoms with E-state index in [0.717, 1.165) is 25.9 Å². The number of hydrogen-bond donors (Lipinski definition) is 1. The van der Waals surface area contributed by atoms with Crippen molar-refractivity contribution in [1.29, 1.82) is 5.26 Å². The predicted molar refractivity (Wildman–Crippen MR) is 55.2 cm³/mol. The van der Waals surface area contributed by atoms with Crippen LogP contribution in [0.15, 0.2) is 0 Å². The number of nitrogens with two attached hydrogens (primary N) is 1. The summed E-state index contributed by atoms with van der Waals surface area (Å²) < 4.78 is 0. The Morgan fingerprint density at radius 2 is 1.77 bits per heavy atom. The molecule has 0 aliphatic heterocycles. The zero-order valence-corrected chi connectivity index (χ0v) is 9.01. The fourth-order valence-corrected chi connectivity index (χ4v) is 1.40. The molecule has 0 saturated heterocycles. The van der Waals surface area contributed by atoms with Gasteiger partial charge in [-0.15, -0.1) is 0 Å². The summed E-state index contributed by atoms with van der Waals surface area (Å²) in [5, 5.41) is 8.78. The molecule has 0 aliphatic carbocycles. The van der Waals surface area contributed by atoms with Crippen molar-refractivity contribution in [2.24, 2.45) is 5.73 Å². The molecule has 3 nitrogen and oxygen atoms in total. The summed E-state index contributed by atoms with van der Waals surface area (Å²) in [6.07, 6.45) is 2.23. The van der Waals surface area contributed by atoms with Crippen molar-refractivity contribution < 1.29 is 0 Å². The van der Waals surface area contributed by atoms with Gasteiger partial charge >= 0.3 is 0 Å². The second-order valence-corrected chi connectivity index (χ2v) is 3.81. The molecule has 0 aliphatic rings.